The van der Waals surface area contributed by atoms with Crippen molar-refractivity contribution >= 4 is 34.8 Å². The third-order valence-corrected chi connectivity index (χ3v) is 3.81. The number of benzene rings is 2. The molecule has 3 nitrogen and oxygen atoms in total. The Hall–Kier alpha value is -1.62. The normalized spacial score (nSPS) is 10.6. The summed E-state index contributed by atoms with van der Waals surface area (Å²) >= 11 is 11.9. The molecular weight excluding hydrogens is 338 g/mol. The first kappa shape index (κ1) is 17.7. The van der Waals surface area contributed by atoms with Gasteiger partial charge >= 0.3 is 0 Å². The molecule has 0 heterocycles. The lowest BCUT2D eigenvalue weighted by atomic mass is 10.1. The number of rotatable bonds is 7. The highest BCUT2D eigenvalue weighted by Crippen LogP contribution is 2.21. The van der Waals surface area contributed by atoms with E-state index in [4.69, 9.17) is 23.2 Å². The zero-order valence-corrected chi connectivity index (χ0v) is 13.9. The van der Waals surface area contributed by atoms with Gasteiger partial charge in [-0.1, -0.05) is 35.3 Å². The van der Waals surface area contributed by atoms with E-state index < -0.39 is 0 Å². The van der Waals surface area contributed by atoms with Gasteiger partial charge in [-0.05, 0) is 48.9 Å². The topological polar surface area (TPSA) is 41.1 Å². The highest BCUT2D eigenvalue weighted by molar-refractivity contribution is 6.35. The summed E-state index contributed by atoms with van der Waals surface area (Å²) in [5.41, 5.74) is 1.47. The Bertz CT molecular complexity index is 679. The Morgan fingerprint density at radius 3 is 2.65 bits per heavy atom. The average Bonchev–Trinajstić information content (AvgIpc) is 2.49. The van der Waals surface area contributed by atoms with Crippen molar-refractivity contribution in [2.24, 2.45) is 0 Å². The van der Waals surface area contributed by atoms with Gasteiger partial charge in [-0.3, -0.25) is 4.79 Å². The molecule has 0 unspecified atom stereocenters. The number of halogens is 3. The van der Waals surface area contributed by atoms with Crippen molar-refractivity contribution in [1.29, 1.82) is 0 Å². The van der Waals surface area contributed by atoms with Gasteiger partial charge in [0.15, 0.2) is 0 Å². The third-order valence-electron chi connectivity index (χ3n) is 3.22. The maximum absolute atomic E-state index is 13.0. The fourth-order valence-electron chi connectivity index (χ4n) is 2.06. The van der Waals surface area contributed by atoms with E-state index in [0.717, 1.165) is 12.0 Å². The Morgan fingerprint density at radius 1 is 1.09 bits per heavy atom. The van der Waals surface area contributed by atoms with Crippen LogP contribution in [0.15, 0.2) is 42.5 Å². The van der Waals surface area contributed by atoms with Crippen LogP contribution >= 0.6 is 23.2 Å². The molecule has 0 aromatic heterocycles. The molecule has 2 aromatic rings. The molecule has 0 radical (unpaired) electrons. The predicted molar refractivity (Wildman–Crippen MR) is 92.7 cm³/mol. The van der Waals surface area contributed by atoms with Gasteiger partial charge in [-0.2, -0.15) is 0 Å². The predicted octanol–water partition coefficient (Wildman–Crippen LogP) is 4.29. The average molecular weight is 355 g/mol. The molecule has 0 atom stereocenters. The summed E-state index contributed by atoms with van der Waals surface area (Å²) in [5, 5.41) is 7.08. The molecule has 2 aromatic carbocycles. The first-order chi connectivity index (χ1) is 11.0. The van der Waals surface area contributed by atoms with Crippen LogP contribution in [0.5, 0.6) is 0 Å². The molecule has 2 rings (SSSR count). The molecule has 1 amide bonds. The molecule has 0 saturated heterocycles. The van der Waals surface area contributed by atoms with Gasteiger partial charge in [-0.15, -0.1) is 0 Å². The zero-order chi connectivity index (χ0) is 16.7. The number of nitrogens with one attached hydrogen (secondary N) is 2. The Kier molecular flexibility index (Phi) is 6.84. The number of amides is 1. The number of carbonyl (C=O) groups is 1. The minimum Gasteiger partial charge on any atom is -0.326 e. The molecule has 0 aliphatic carbocycles. The molecule has 0 saturated carbocycles. The Labute approximate surface area is 144 Å². The van der Waals surface area contributed by atoms with Crippen molar-refractivity contribution < 1.29 is 9.18 Å². The van der Waals surface area contributed by atoms with Crippen LogP contribution in [0, 0.1) is 5.82 Å². The molecule has 0 spiro atoms. The summed E-state index contributed by atoms with van der Waals surface area (Å²) in [4.78, 5) is 11.7. The van der Waals surface area contributed by atoms with Crippen LogP contribution in [-0.2, 0) is 11.2 Å². The molecule has 0 aliphatic heterocycles. The highest BCUT2D eigenvalue weighted by Gasteiger charge is 2.04. The lowest BCUT2D eigenvalue weighted by molar-refractivity contribution is -0.116. The van der Waals surface area contributed by atoms with E-state index in [9.17, 15) is 9.18 Å². The lowest BCUT2D eigenvalue weighted by Crippen LogP contribution is -2.23. The van der Waals surface area contributed by atoms with Gasteiger partial charge in [0.25, 0.3) is 0 Å². The standard InChI is InChI=1S/C17H17Cl2FN2O/c18-13-5-4-12(16(19)10-13)6-8-21-9-7-17(23)22-15-3-1-2-14(20)11-15/h1-5,10-11,21H,6-9H2,(H,22,23). The van der Waals surface area contributed by atoms with E-state index in [0.29, 0.717) is 35.2 Å². The minimum atomic E-state index is -0.374. The summed E-state index contributed by atoms with van der Waals surface area (Å²) in [6.07, 6.45) is 1.06. The molecule has 2 N–H and O–H groups in total. The summed E-state index contributed by atoms with van der Waals surface area (Å²) in [7, 11) is 0. The van der Waals surface area contributed by atoms with E-state index in [-0.39, 0.29) is 11.7 Å². The Balaban J connectivity index is 1.66. The third kappa shape index (κ3) is 6.18. The van der Waals surface area contributed by atoms with Crippen molar-refractivity contribution in [2.45, 2.75) is 12.8 Å². The van der Waals surface area contributed by atoms with E-state index in [1.54, 1.807) is 24.3 Å². The quantitative estimate of drug-likeness (QED) is 0.728. The second kappa shape index (κ2) is 8.87. The van der Waals surface area contributed by atoms with E-state index in [1.165, 1.54) is 12.1 Å². The van der Waals surface area contributed by atoms with Gasteiger partial charge in [0.1, 0.15) is 5.82 Å². The number of carbonyl (C=O) groups excluding carboxylic acids is 1. The van der Waals surface area contributed by atoms with Crippen LogP contribution in [0.3, 0.4) is 0 Å². The van der Waals surface area contributed by atoms with E-state index in [2.05, 4.69) is 10.6 Å². The fraction of sp³-hybridized carbons (Fsp3) is 0.235. The van der Waals surface area contributed by atoms with Gasteiger partial charge < -0.3 is 10.6 Å². The number of hydrogen-bond acceptors (Lipinski definition) is 2. The van der Waals surface area contributed by atoms with Crippen LogP contribution in [0.2, 0.25) is 10.0 Å². The molecule has 0 bridgehead atoms. The van der Waals surface area contributed by atoms with E-state index in [1.807, 2.05) is 6.07 Å². The van der Waals surface area contributed by atoms with Crippen molar-refractivity contribution in [3.8, 4) is 0 Å². The van der Waals surface area contributed by atoms with Gasteiger partial charge in [0, 0.05) is 28.7 Å². The van der Waals surface area contributed by atoms with Crippen LogP contribution in [0.25, 0.3) is 0 Å². The molecule has 0 aliphatic rings. The second-order valence-corrected chi connectivity index (χ2v) is 5.89. The molecule has 6 heteroatoms. The fourth-order valence-corrected chi connectivity index (χ4v) is 2.57. The minimum absolute atomic E-state index is 0.160. The van der Waals surface area contributed by atoms with Crippen LogP contribution < -0.4 is 10.6 Å². The number of hydrogen-bond donors (Lipinski definition) is 2. The van der Waals surface area contributed by atoms with Gasteiger partial charge in [0.2, 0.25) is 5.91 Å². The lowest BCUT2D eigenvalue weighted by Gasteiger charge is -2.08. The SMILES string of the molecule is O=C(CCNCCc1ccc(Cl)cc1Cl)Nc1cccc(F)c1. The maximum Gasteiger partial charge on any atom is 0.225 e. The van der Waals surface area contributed by atoms with Crippen LogP contribution in [0.4, 0.5) is 10.1 Å². The molecular formula is C17H17Cl2FN2O. The zero-order valence-electron chi connectivity index (χ0n) is 12.4. The summed E-state index contributed by atoms with van der Waals surface area (Å²) in [6, 6.07) is 11.2. The van der Waals surface area contributed by atoms with Gasteiger partial charge in [-0.25, -0.2) is 4.39 Å². The molecule has 122 valence electrons. The van der Waals surface area contributed by atoms with Crippen molar-refractivity contribution in [3.05, 3.63) is 63.9 Å². The first-order valence-electron chi connectivity index (χ1n) is 7.24. The van der Waals surface area contributed by atoms with Crippen LogP contribution in [0.1, 0.15) is 12.0 Å². The smallest absolute Gasteiger partial charge is 0.225 e. The monoisotopic (exact) mass is 354 g/mol. The Morgan fingerprint density at radius 2 is 1.91 bits per heavy atom. The number of anilines is 1. The van der Waals surface area contributed by atoms with Crippen molar-refractivity contribution in [2.75, 3.05) is 18.4 Å². The largest absolute Gasteiger partial charge is 0.326 e. The second-order valence-electron chi connectivity index (χ2n) is 5.04. The molecule has 23 heavy (non-hydrogen) atoms. The van der Waals surface area contributed by atoms with Crippen molar-refractivity contribution in [1.82, 2.24) is 5.32 Å². The van der Waals surface area contributed by atoms with Crippen LogP contribution in [-0.4, -0.2) is 19.0 Å². The van der Waals surface area contributed by atoms with E-state index >= 15 is 0 Å². The van der Waals surface area contributed by atoms with Gasteiger partial charge in [0.05, 0.1) is 0 Å². The van der Waals surface area contributed by atoms with Crippen molar-refractivity contribution in [3.63, 3.8) is 0 Å². The summed E-state index contributed by atoms with van der Waals surface area (Å²) in [6.45, 7) is 1.24. The first-order valence-corrected chi connectivity index (χ1v) is 8.00. The highest BCUT2D eigenvalue weighted by atomic mass is 35.5. The summed E-state index contributed by atoms with van der Waals surface area (Å²) in [5.74, 6) is -0.534. The maximum atomic E-state index is 13.0. The summed E-state index contributed by atoms with van der Waals surface area (Å²) < 4.78 is 13.0. The molecule has 0 fully saturated rings.